The van der Waals surface area contributed by atoms with Gasteiger partial charge in [0.15, 0.2) is 0 Å². The van der Waals surface area contributed by atoms with Crippen molar-refractivity contribution in [3.8, 4) is 11.5 Å². The molecule has 0 saturated heterocycles. The molecule has 1 rings (SSSR count). The maximum absolute atomic E-state index is 5.99. The van der Waals surface area contributed by atoms with Gasteiger partial charge in [0.05, 0.1) is 19.9 Å². The van der Waals surface area contributed by atoms with Gasteiger partial charge >= 0.3 is 0 Å². The molecule has 0 fully saturated rings. The fourth-order valence-corrected chi connectivity index (χ4v) is 1.30. The normalized spacial score (nSPS) is 9.54. The van der Waals surface area contributed by atoms with E-state index in [1.54, 1.807) is 27.3 Å². The first-order chi connectivity index (χ1) is 6.22. The van der Waals surface area contributed by atoms with Crippen molar-refractivity contribution in [2.45, 2.75) is 0 Å². The fraction of sp³-hybridized carbons (Fsp3) is 0.333. The van der Waals surface area contributed by atoms with Gasteiger partial charge in [-0.3, -0.25) is 0 Å². The van der Waals surface area contributed by atoms with E-state index in [0.717, 1.165) is 5.69 Å². The van der Waals surface area contributed by atoms with Crippen molar-refractivity contribution >= 4 is 17.3 Å². The van der Waals surface area contributed by atoms with Crippen molar-refractivity contribution in [2.24, 2.45) is 0 Å². The van der Waals surface area contributed by atoms with E-state index >= 15 is 0 Å². The van der Waals surface area contributed by atoms with Crippen LogP contribution in [-0.2, 0) is 0 Å². The second-order valence-corrected chi connectivity index (χ2v) is 2.82. The van der Waals surface area contributed by atoms with Gasteiger partial charge in [-0.25, -0.2) is 0 Å². The quantitative estimate of drug-likeness (QED) is 0.815. The lowest BCUT2D eigenvalue weighted by molar-refractivity contribution is 0.395. The molecule has 1 aromatic rings. The van der Waals surface area contributed by atoms with Crippen molar-refractivity contribution in [1.82, 2.24) is 0 Å². The molecular weight excluding hydrogens is 190 g/mol. The molecule has 4 heteroatoms. The minimum absolute atomic E-state index is 0.561. The van der Waals surface area contributed by atoms with Gasteiger partial charge in [-0.1, -0.05) is 11.6 Å². The molecule has 1 aromatic carbocycles. The fourth-order valence-electron chi connectivity index (χ4n) is 1.02. The zero-order valence-electron chi connectivity index (χ0n) is 7.85. The molecular formula is C9H12ClNO2. The van der Waals surface area contributed by atoms with E-state index in [9.17, 15) is 0 Å². The van der Waals surface area contributed by atoms with Gasteiger partial charge in [-0.05, 0) is 0 Å². The molecule has 0 aliphatic carbocycles. The third-order valence-corrected chi connectivity index (χ3v) is 2.13. The number of methoxy groups -OCH3 is 2. The Kier molecular flexibility index (Phi) is 3.25. The molecule has 1 N–H and O–H groups in total. The Bertz CT molecular complexity index is 277. The average Bonchev–Trinajstić information content (AvgIpc) is 2.18. The highest BCUT2D eigenvalue weighted by Crippen LogP contribution is 2.36. The maximum atomic E-state index is 5.99. The number of rotatable bonds is 3. The molecule has 0 saturated carbocycles. The SMILES string of the molecule is CNc1cc(OC)cc(OC)c1Cl. The summed E-state index contributed by atoms with van der Waals surface area (Å²) < 4.78 is 10.2. The monoisotopic (exact) mass is 201 g/mol. The molecule has 0 aliphatic rings. The second kappa shape index (κ2) is 4.23. The van der Waals surface area contributed by atoms with Crippen LogP contribution in [-0.4, -0.2) is 21.3 Å². The number of hydrogen-bond acceptors (Lipinski definition) is 3. The first-order valence-corrected chi connectivity index (χ1v) is 4.20. The Hall–Kier alpha value is -1.09. The summed E-state index contributed by atoms with van der Waals surface area (Å²) in [5.74, 6) is 1.32. The molecule has 0 unspecified atom stereocenters. The number of ether oxygens (including phenoxy) is 2. The van der Waals surface area contributed by atoms with Gasteiger partial charge in [0.25, 0.3) is 0 Å². The lowest BCUT2D eigenvalue weighted by Crippen LogP contribution is -1.94. The third-order valence-electron chi connectivity index (χ3n) is 1.74. The summed E-state index contributed by atoms with van der Waals surface area (Å²) in [7, 11) is 4.96. The van der Waals surface area contributed by atoms with Crippen LogP contribution in [0.3, 0.4) is 0 Å². The number of hydrogen-bond donors (Lipinski definition) is 1. The summed E-state index contributed by atoms with van der Waals surface area (Å²) in [6, 6.07) is 3.55. The van der Waals surface area contributed by atoms with Crippen LogP contribution >= 0.6 is 11.6 Å². The molecule has 0 amide bonds. The maximum Gasteiger partial charge on any atom is 0.143 e. The summed E-state index contributed by atoms with van der Waals surface area (Å²) in [5.41, 5.74) is 0.790. The Morgan fingerprint density at radius 3 is 2.38 bits per heavy atom. The lowest BCUT2D eigenvalue weighted by Gasteiger charge is -2.10. The molecule has 0 spiro atoms. The van der Waals surface area contributed by atoms with E-state index in [1.165, 1.54) is 0 Å². The van der Waals surface area contributed by atoms with Gasteiger partial charge < -0.3 is 14.8 Å². The van der Waals surface area contributed by atoms with Crippen LogP contribution in [0, 0.1) is 0 Å². The number of anilines is 1. The van der Waals surface area contributed by atoms with Crippen molar-refractivity contribution in [3.63, 3.8) is 0 Å². The minimum atomic E-state index is 0.561. The minimum Gasteiger partial charge on any atom is -0.497 e. The Labute approximate surface area is 82.6 Å². The topological polar surface area (TPSA) is 30.5 Å². The number of halogens is 1. The molecule has 3 nitrogen and oxygen atoms in total. The Morgan fingerprint density at radius 1 is 1.23 bits per heavy atom. The smallest absolute Gasteiger partial charge is 0.143 e. The van der Waals surface area contributed by atoms with Crippen LogP contribution in [0.4, 0.5) is 5.69 Å². The highest BCUT2D eigenvalue weighted by Gasteiger charge is 2.08. The van der Waals surface area contributed by atoms with Crippen LogP contribution in [0.2, 0.25) is 5.02 Å². The van der Waals surface area contributed by atoms with Gasteiger partial charge in [0, 0.05) is 19.2 Å². The second-order valence-electron chi connectivity index (χ2n) is 2.44. The zero-order valence-corrected chi connectivity index (χ0v) is 8.61. The van der Waals surface area contributed by atoms with E-state index in [1.807, 2.05) is 6.07 Å². The summed E-state index contributed by atoms with van der Waals surface area (Å²) >= 11 is 5.99. The van der Waals surface area contributed by atoms with E-state index in [0.29, 0.717) is 16.5 Å². The van der Waals surface area contributed by atoms with Gasteiger partial charge in [0.1, 0.15) is 16.5 Å². The predicted molar refractivity (Wildman–Crippen MR) is 54.1 cm³/mol. The van der Waals surface area contributed by atoms with Crippen molar-refractivity contribution < 1.29 is 9.47 Å². The van der Waals surface area contributed by atoms with Crippen LogP contribution in [0.5, 0.6) is 11.5 Å². The van der Waals surface area contributed by atoms with E-state index < -0.39 is 0 Å². The standard InChI is InChI=1S/C9H12ClNO2/c1-11-7-4-6(12-2)5-8(13-3)9(7)10/h4-5,11H,1-3H3. The lowest BCUT2D eigenvalue weighted by atomic mass is 10.3. The first kappa shape index (κ1) is 9.99. The average molecular weight is 202 g/mol. The van der Waals surface area contributed by atoms with Crippen LogP contribution < -0.4 is 14.8 Å². The van der Waals surface area contributed by atoms with Gasteiger partial charge in [-0.15, -0.1) is 0 Å². The van der Waals surface area contributed by atoms with Crippen LogP contribution in [0.25, 0.3) is 0 Å². The van der Waals surface area contributed by atoms with E-state index in [4.69, 9.17) is 21.1 Å². The highest BCUT2D eigenvalue weighted by molar-refractivity contribution is 6.34. The first-order valence-electron chi connectivity index (χ1n) is 3.82. The van der Waals surface area contributed by atoms with E-state index in [-0.39, 0.29) is 0 Å². The van der Waals surface area contributed by atoms with Crippen molar-refractivity contribution in [2.75, 3.05) is 26.6 Å². The van der Waals surface area contributed by atoms with Crippen LogP contribution in [0.1, 0.15) is 0 Å². The Morgan fingerprint density at radius 2 is 1.92 bits per heavy atom. The zero-order chi connectivity index (χ0) is 9.84. The number of nitrogens with one attached hydrogen (secondary N) is 1. The molecule has 0 aliphatic heterocycles. The summed E-state index contributed by atoms with van der Waals surface area (Å²) in [5, 5.41) is 3.51. The van der Waals surface area contributed by atoms with Gasteiger partial charge in [-0.2, -0.15) is 0 Å². The summed E-state index contributed by atoms with van der Waals surface area (Å²) in [4.78, 5) is 0. The molecule has 0 heterocycles. The summed E-state index contributed by atoms with van der Waals surface area (Å²) in [6.45, 7) is 0. The molecule has 0 radical (unpaired) electrons. The molecule has 0 aromatic heterocycles. The van der Waals surface area contributed by atoms with E-state index in [2.05, 4.69) is 5.32 Å². The summed E-state index contributed by atoms with van der Waals surface area (Å²) in [6.07, 6.45) is 0. The van der Waals surface area contributed by atoms with Crippen LogP contribution in [0.15, 0.2) is 12.1 Å². The van der Waals surface area contributed by atoms with Crippen molar-refractivity contribution in [3.05, 3.63) is 17.2 Å². The molecule has 0 bridgehead atoms. The Balaban J connectivity index is 3.20. The highest BCUT2D eigenvalue weighted by atomic mass is 35.5. The van der Waals surface area contributed by atoms with Gasteiger partial charge in [0.2, 0.25) is 0 Å². The molecule has 72 valence electrons. The molecule has 0 atom stereocenters. The predicted octanol–water partition coefficient (Wildman–Crippen LogP) is 2.40. The molecule has 13 heavy (non-hydrogen) atoms. The number of benzene rings is 1. The largest absolute Gasteiger partial charge is 0.497 e. The third kappa shape index (κ3) is 1.98. The van der Waals surface area contributed by atoms with Crippen molar-refractivity contribution in [1.29, 1.82) is 0 Å².